The van der Waals surface area contributed by atoms with Gasteiger partial charge in [0.25, 0.3) is 5.91 Å². The van der Waals surface area contributed by atoms with Gasteiger partial charge in [-0.25, -0.2) is 19.3 Å². The average Bonchev–Trinajstić information content (AvgIpc) is 3.23. The van der Waals surface area contributed by atoms with Gasteiger partial charge in [0.15, 0.2) is 6.61 Å². The van der Waals surface area contributed by atoms with Crippen LogP contribution in [0.15, 0.2) is 36.9 Å². The van der Waals surface area contributed by atoms with Crippen molar-refractivity contribution in [3.63, 3.8) is 0 Å². The van der Waals surface area contributed by atoms with Crippen LogP contribution in [-0.4, -0.2) is 45.3 Å². The average molecular weight is 385 g/mol. The molecule has 0 spiro atoms. The number of nitrogens with zero attached hydrogens (tertiary/aromatic N) is 3. The molecule has 1 saturated carbocycles. The number of imide groups is 1. The van der Waals surface area contributed by atoms with Crippen LogP contribution in [0.2, 0.25) is 0 Å². The molecule has 9 heteroatoms. The Kier molecular flexibility index (Phi) is 6.36. The quantitative estimate of drug-likeness (QED) is 0.759. The highest BCUT2D eigenvalue weighted by Crippen LogP contribution is 2.23. The zero-order valence-electron chi connectivity index (χ0n) is 15.6. The van der Waals surface area contributed by atoms with E-state index in [9.17, 15) is 14.4 Å². The molecule has 1 aliphatic rings. The second kappa shape index (κ2) is 9.12. The van der Waals surface area contributed by atoms with Gasteiger partial charge in [0, 0.05) is 6.04 Å². The summed E-state index contributed by atoms with van der Waals surface area (Å²) in [6.07, 6.45) is 7.14. The smallest absolute Gasteiger partial charge is 0.338 e. The number of carbonyl (C=O) groups excluding carboxylic acids is 3. The van der Waals surface area contributed by atoms with Gasteiger partial charge in [-0.2, -0.15) is 5.10 Å². The zero-order chi connectivity index (χ0) is 19.9. The standard InChI is InChI=1S/C19H23N5O4/c1-13-4-2-3-5-16(13)22-19(27)23-17(25)10-28-18(26)14-6-8-15(9-7-14)24-12-20-11-21-24/h6-9,11-13,16H,2-5,10H2,1H3,(H2,22,23,25,27)/t13-,16+/m0/s1. The van der Waals surface area contributed by atoms with Gasteiger partial charge in [0.2, 0.25) is 0 Å². The normalized spacial score (nSPS) is 18.9. The van der Waals surface area contributed by atoms with E-state index >= 15 is 0 Å². The minimum atomic E-state index is -0.673. The second-order valence-electron chi connectivity index (χ2n) is 6.85. The van der Waals surface area contributed by atoms with Crippen LogP contribution in [0.3, 0.4) is 0 Å². The third-order valence-electron chi connectivity index (χ3n) is 4.80. The van der Waals surface area contributed by atoms with E-state index in [-0.39, 0.29) is 11.6 Å². The summed E-state index contributed by atoms with van der Waals surface area (Å²) in [5, 5.41) is 9.00. The first-order valence-corrected chi connectivity index (χ1v) is 9.25. The predicted octanol–water partition coefficient (Wildman–Crippen LogP) is 1.83. The molecule has 0 unspecified atom stereocenters. The fourth-order valence-corrected chi connectivity index (χ4v) is 3.20. The number of hydrogen-bond donors (Lipinski definition) is 2. The van der Waals surface area contributed by atoms with E-state index in [4.69, 9.17) is 4.74 Å². The lowest BCUT2D eigenvalue weighted by Crippen LogP contribution is -2.48. The number of esters is 1. The molecular formula is C19H23N5O4. The number of amides is 3. The summed E-state index contributed by atoms with van der Waals surface area (Å²) in [4.78, 5) is 39.7. The topological polar surface area (TPSA) is 115 Å². The highest BCUT2D eigenvalue weighted by atomic mass is 16.5. The van der Waals surface area contributed by atoms with Crippen molar-refractivity contribution in [1.29, 1.82) is 0 Å². The molecule has 2 aromatic rings. The predicted molar refractivity (Wildman–Crippen MR) is 99.7 cm³/mol. The molecule has 3 amide bonds. The molecular weight excluding hydrogens is 362 g/mol. The first-order valence-electron chi connectivity index (χ1n) is 9.25. The van der Waals surface area contributed by atoms with Crippen LogP contribution in [0.4, 0.5) is 4.79 Å². The first kappa shape index (κ1) is 19.5. The number of urea groups is 1. The Morgan fingerprint density at radius 2 is 1.93 bits per heavy atom. The molecule has 0 bridgehead atoms. The molecule has 1 heterocycles. The van der Waals surface area contributed by atoms with E-state index in [2.05, 4.69) is 27.6 Å². The fraction of sp³-hybridized carbons (Fsp3) is 0.421. The molecule has 3 rings (SSSR count). The molecule has 2 N–H and O–H groups in total. The second-order valence-corrected chi connectivity index (χ2v) is 6.85. The van der Waals surface area contributed by atoms with Gasteiger partial charge in [-0.3, -0.25) is 10.1 Å². The third kappa shape index (κ3) is 5.15. The highest BCUT2D eigenvalue weighted by Gasteiger charge is 2.23. The molecule has 1 fully saturated rings. The maximum atomic E-state index is 12.1. The Morgan fingerprint density at radius 1 is 1.18 bits per heavy atom. The summed E-state index contributed by atoms with van der Waals surface area (Å²) < 4.78 is 6.52. The van der Waals surface area contributed by atoms with Crippen molar-refractivity contribution in [3.05, 3.63) is 42.5 Å². The SMILES string of the molecule is C[C@H]1CCCC[C@H]1NC(=O)NC(=O)COC(=O)c1ccc(-n2cncn2)cc1. The molecule has 1 aromatic heterocycles. The molecule has 0 aliphatic heterocycles. The van der Waals surface area contributed by atoms with Crippen LogP contribution in [0, 0.1) is 5.92 Å². The number of nitrogens with one attached hydrogen (secondary N) is 2. The van der Waals surface area contributed by atoms with Gasteiger partial charge in [0.05, 0.1) is 11.3 Å². The molecule has 0 radical (unpaired) electrons. The van der Waals surface area contributed by atoms with E-state index in [1.807, 2.05) is 0 Å². The maximum Gasteiger partial charge on any atom is 0.338 e. The van der Waals surface area contributed by atoms with Gasteiger partial charge in [0.1, 0.15) is 12.7 Å². The van der Waals surface area contributed by atoms with Gasteiger partial charge in [-0.05, 0) is 43.0 Å². The lowest BCUT2D eigenvalue weighted by molar-refractivity contribution is -0.123. The minimum Gasteiger partial charge on any atom is -0.452 e. The summed E-state index contributed by atoms with van der Waals surface area (Å²) in [6, 6.07) is 6.00. The third-order valence-corrected chi connectivity index (χ3v) is 4.80. The Labute approximate surface area is 162 Å². The Bertz CT molecular complexity index is 819. The van der Waals surface area contributed by atoms with Crippen LogP contribution < -0.4 is 10.6 Å². The molecule has 28 heavy (non-hydrogen) atoms. The van der Waals surface area contributed by atoms with Gasteiger partial charge in [-0.15, -0.1) is 0 Å². The fourth-order valence-electron chi connectivity index (χ4n) is 3.20. The van der Waals surface area contributed by atoms with Crippen molar-refractivity contribution in [3.8, 4) is 5.69 Å². The largest absolute Gasteiger partial charge is 0.452 e. The number of ether oxygens (including phenoxy) is 1. The number of rotatable bonds is 5. The van der Waals surface area contributed by atoms with Crippen molar-refractivity contribution >= 4 is 17.9 Å². The van der Waals surface area contributed by atoms with E-state index in [0.717, 1.165) is 31.4 Å². The summed E-state index contributed by atoms with van der Waals surface area (Å²) in [7, 11) is 0. The summed E-state index contributed by atoms with van der Waals surface area (Å²) in [6.45, 7) is 1.55. The van der Waals surface area contributed by atoms with Crippen LogP contribution >= 0.6 is 0 Å². The molecule has 2 atom stereocenters. The summed E-state index contributed by atoms with van der Waals surface area (Å²) in [5.74, 6) is -0.942. The van der Waals surface area contributed by atoms with Crippen LogP contribution in [0.5, 0.6) is 0 Å². The van der Waals surface area contributed by atoms with E-state index < -0.39 is 24.5 Å². The van der Waals surface area contributed by atoms with Crippen molar-refractivity contribution in [1.82, 2.24) is 25.4 Å². The van der Waals surface area contributed by atoms with E-state index in [1.54, 1.807) is 28.9 Å². The van der Waals surface area contributed by atoms with Crippen LogP contribution in [0.25, 0.3) is 5.69 Å². The Balaban J connectivity index is 1.43. The lowest BCUT2D eigenvalue weighted by atomic mass is 9.86. The van der Waals surface area contributed by atoms with Crippen LogP contribution in [-0.2, 0) is 9.53 Å². The summed E-state index contributed by atoms with van der Waals surface area (Å²) in [5.41, 5.74) is 1.03. The molecule has 9 nitrogen and oxygen atoms in total. The number of carbonyl (C=O) groups is 3. The van der Waals surface area contributed by atoms with Gasteiger partial charge in [-0.1, -0.05) is 19.8 Å². The first-order chi connectivity index (χ1) is 13.5. The lowest BCUT2D eigenvalue weighted by Gasteiger charge is -2.29. The number of aromatic nitrogens is 3. The van der Waals surface area contributed by atoms with Crippen molar-refractivity contribution in [2.24, 2.45) is 5.92 Å². The number of hydrogen-bond acceptors (Lipinski definition) is 6. The zero-order valence-corrected chi connectivity index (χ0v) is 15.6. The molecule has 1 aromatic carbocycles. The Hall–Kier alpha value is -3.23. The molecule has 148 valence electrons. The highest BCUT2D eigenvalue weighted by molar-refractivity contribution is 5.97. The van der Waals surface area contributed by atoms with Crippen molar-refractivity contribution in [2.45, 2.75) is 38.6 Å². The molecule has 1 aliphatic carbocycles. The van der Waals surface area contributed by atoms with Crippen molar-refractivity contribution < 1.29 is 19.1 Å². The minimum absolute atomic E-state index is 0.0626. The number of benzene rings is 1. The molecule has 0 saturated heterocycles. The van der Waals surface area contributed by atoms with E-state index in [0.29, 0.717) is 5.92 Å². The Morgan fingerprint density at radius 3 is 2.61 bits per heavy atom. The summed E-state index contributed by atoms with van der Waals surface area (Å²) >= 11 is 0. The van der Waals surface area contributed by atoms with Crippen molar-refractivity contribution in [2.75, 3.05) is 6.61 Å². The van der Waals surface area contributed by atoms with E-state index in [1.165, 1.54) is 12.7 Å². The maximum absolute atomic E-state index is 12.1. The van der Waals surface area contributed by atoms with Gasteiger partial charge >= 0.3 is 12.0 Å². The monoisotopic (exact) mass is 385 g/mol. The van der Waals surface area contributed by atoms with Crippen LogP contribution in [0.1, 0.15) is 43.0 Å². The van der Waals surface area contributed by atoms with Gasteiger partial charge < -0.3 is 10.1 Å².